The Morgan fingerprint density at radius 2 is 1.79 bits per heavy atom. The molecule has 1 heterocycles. The van der Waals surface area contributed by atoms with Gasteiger partial charge < -0.3 is 9.47 Å². The molecule has 0 spiro atoms. The lowest BCUT2D eigenvalue weighted by atomic mass is 10.1. The van der Waals surface area contributed by atoms with Gasteiger partial charge in [0.1, 0.15) is 12.2 Å². The molecule has 0 radical (unpaired) electrons. The molecule has 1 fully saturated rings. The van der Waals surface area contributed by atoms with Crippen molar-refractivity contribution in [2.24, 2.45) is 0 Å². The highest BCUT2D eigenvalue weighted by Gasteiger charge is 2.34. The minimum Gasteiger partial charge on any atom is -0.493 e. The number of anilines is 1. The van der Waals surface area contributed by atoms with Crippen LogP contribution in [0.4, 0.5) is 5.69 Å². The number of carbonyl (C=O) groups is 2. The van der Waals surface area contributed by atoms with Crippen LogP contribution in [0.15, 0.2) is 70.7 Å². The average molecular weight is 548 g/mol. The maximum absolute atomic E-state index is 12.8. The van der Waals surface area contributed by atoms with E-state index in [0.717, 1.165) is 5.56 Å². The molecule has 0 aliphatic carbocycles. The molecule has 33 heavy (non-hydrogen) atoms. The van der Waals surface area contributed by atoms with Gasteiger partial charge in [0.15, 0.2) is 11.5 Å². The average Bonchev–Trinajstić information content (AvgIpc) is 3.08. The number of hydrogen-bond donors (Lipinski definition) is 1. The van der Waals surface area contributed by atoms with Gasteiger partial charge in [-0.1, -0.05) is 63.4 Å². The highest BCUT2D eigenvalue weighted by atomic mass is 79.9. The molecule has 168 valence electrons. The second-order valence-corrected chi connectivity index (χ2v) is 8.72. The predicted octanol–water partition coefficient (Wildman–Crippen LogP) is 5.80. The van der Waals surface area contributed by atoms with E-state index < -0.39 is 11.8 Å². The van der Waals surface area contributed by atoms with Gasteiger partial charge >= 0.3 is 0 Å². The second-order valence-electron chi connectivity index (χ2n) is 7.02. The fourth-order valence-corrected chi connectivity index (χ4v) is 4.10. The molecule has 0 aromatic heterocycles. The third-order valence-corrected chi connectivity index (χ3v) is 6.16. The molecule has 1 aliphatic heterocycles. The van der Waals surface area contributed by atoms with Crippen LogP contribution in [0.1, 0.15) is 11.1 Å². The summed E-state index contributed by atoms with van der Waals surface area (Å²) in [6, 6.07) is 17.4. The number of para-hydroxylation sites is 1. The van der Waals surface area contributed by atoms with Crippen molar-refractivity contribution >= 4 is 62.7 Å². The molecular weight excluding hydrogens is 531 g/mol. The van der Waals surface area contributed by atoms with Gasteiger partial charge in [-0.25, -0.2) is 5.01 Å². The molecule has 1 saturated heterocycles. The number of methoxy groups -OCH3 is 1. The summed E-state index contributed by atoms with van der Waals surface area (Å²) in [6.07, 6.45) is 1.51. The van der Waals surface area contributed by atoms with Crippen molar-refractivity contribution in [2.75, 3.05) is 12.1 Å². The lowest BCUT2D eigenvalue weighted by molar-refractivity contribution is -0.117. The van der Waals surface area contributed by atoms with Gasteiger partial charge in [-0.2, -0.15) is 0 Å². The molecule has 0 atom stereocenters. The van der Waals surface area contributed by atoms with Crippen molar-refractivity contribution in [3.63, 3.8) is 0 Å². The monoisotopic (exact) mass is 546 g/mol. The van der Waals surface area contributed by atoms with E-state index in [4.69, 9.17) is 32.7 Å². The summed E-state index contributed by atoms with van der Waals surface area (Å²) in [5.41, 5.74) is 4.50. The number of hydrogen-bond acceptors (Lipinski definition) is 4. The van der Waals surface area contributed by atoms with Crippen LogP contribution in [0.25, 0.3) is 6.08 Å². The van der Waals surface area contributed by atoms with E-state index in [1.165, 1.54) is 18.2 Å². The molecule has 1 aliphatic rings. The molecule has 3 aromatic carbocycles. The van der Waals surface area contributed by atoms with E-state index in [0.29, 0.717) is 37.3 Å². The van der Waals surface area contributed by atoms with Crippen LogP contribution < -0.4 is 19.9 Å². The first-order chi connectivity index (χ1) is 15.9. The Bertz CT molecular complexity index is 1260. The largest absolute Gasteiger partial charge is 0.493 e. The standard InChI is InChI=1S/C24H17BrCl2N2O4/c1-32-21-10-15(9-18-23(30)28-29(24(18)31)17-5-3-2-4-6-17)19(25)12-22(21)33-13-14-7-8-16(26)11-20(14)27/h2-12H,13H2,1H3,(H,28,30). The number of halogens is 3. The summed E-state index contributed by atoms with van der Waals surface area (Å²) in [7, 11) is 1.51. The van der Waals surface area contributed by atoms with E-state index in [2.05, 4.69) is 21.4 Å². The number of benzene rings is 3. The molecule has 4 rings (SSSR count). The summed E-state index contributed by atoms with van der Waals surface area (Å²) in [6.45, 7) is 0.201. The fourth-order valence-electron chi connectivity index (χ4n) is 3.20. The van der Waals surface area contributed by atoms with Crippen molar-refractivity contribution in [1.29, 1.82) is 0 Å². The third-order valence-electron chi connectivity index (χ3n) is 4.89. The molecule has 6 nitrogen and oxygen atoms in total. The second kappa shape index (κ2) is 9.87. The van der Waals surface area contributed by atoms with E-state index in [1.807, 2.05) is 6.07 Å². The molecule has 3 aromatic rings. The summed E-state index contributed by atoms with van der Waals surface area (Å²) >= 11 is 15.6. The Hall–Kier alpha value is -3.00. The van der Waals surface area contributed by atoms with Crippen LogP contribution in [-0.2, 0) is 16.2 Å². The summed E-state index contributed by atoms with van der Waals surface area (Å²) in [4.78, 5) is 25.3. The Morgan fingerprint density at radius 1 is 1.03 bits per heavy atom. The molecular formula is C24H17BrCl2N2O4. The van der Waals surface area contributed by atoms with Crippen LogP contribution in [0, 0.1) is 0 Å². The SMILES string of the molecule is COc1cc(C=C2C(=O)NN(c3ccccc3)C2=O)c(Br)cc1OCc1ccc(Cl)cc1Cl. The van der Waals surface area contributed by atoms with Gasteiger partial charge in [0.05, 0.1) is 12.8 Å². The Morgan fingerprint density at radius 3 is 2.48 bits per heavy atom. The van der Waals surface area contributed by atoms with Crippen molar-refractivity contribution < 1.29 is 19.1 Å². The van der Waals surface area contributed by atoms with Crippen LogP contribution in [0.2, 0.25) is 10.0 Å². The van der Waals surface area contributed by atoms with Crippen molar-refractivity contribution in [3.05, 3.63) is 91.9 Å². The van der Waals surface area contributed by atoms with Crippen molar-refractivity contribution in [1.82, 2.24) is 5.43 Å². The molecule has 2 amide bonds. The van der Waals surface area contributed by atoms with Crippen LogP contribution >= 0.6 is 39.1 Å². The minimum absolute atomic E-state index is 0.00298. The lowest BCUT2D eigenvalue weighted by Gasteiger charge is -2.14. The first-order valence-electron chi connectivity index (χ1n) is 9.74. The zero-order valence-electron chi connectivity index (χ0n) is 17.3. The Balaban J connectivity index is 1.59. The highest BCUT2D eigenvalue weighted by Crippen LogP contribution is 2.36. The first kappa shape index (κ1) is 23.2. The zero-order chi connectivity index (χ0) is 23.5. The molecule has 9 heteroatoms. The van der Waals surface area contributed by atoms with E-state index in [-0.39, 0.29) is 12.2 Å². The van der Waals surface area contributed by atoms with Gasteiger partial charge in [-0.05, 0) is 48.0 Å². The number of ether oxygens (including phenoxy) is 2. The minimum atomic E-state index is -0.493. The molecule has 0 bridgehead atoms. The zero-order valence-corrected chi connectivity index (χ0v) is 20.4. The van der Waals surface area contributed by atoms with Gasteiger partial charge in [-0.3, -0.25) is 15.0 Å². The van der Waals surface area contributed by atoms with Crippen LogP contribution in [0.5, 0.6) is 11.5 Å². The number of carbonyl (C=O) groups excluding carboxylic acids is 2. The summed E-state index contributed by atoms with van der Waals surface area (Å²) in [5, 5.41) is 2.25. The van der Waals surface area contributed by atoms with Crippen molar-refractivity contribution in [3.8, 4) is 11.5 Å². The van der Waals surface area contributed by atoms with Crippen LogP contribution in [0.3, 0.4) is 0 Å². The quantitative estimate of drug-likeness (QED) is 0.312. The first-order valence-corrected chi connectivity index (χ1v) is 11.3. The lowest BCUT2D eigenvalue weighted by Crippen LogP contribution is -2.35. The number of nitrogens with one attached hydrogen (secondary N) is 1. The molecule has 0 unspecified atom stereocenters. The number of hydrazine groups is 1. The third kappa shape index (κ3) is 5.00. The van der Waals surface area contributed by atoms with Gasteiger partial charge in [-0.15, -0.1) is 0 Å². The smallest absolute Gasteiger partial charge is 0.282 e. The number of nitrogens with zero attached hydrogens (tertiary/aromatic N) is 1. The van der Waals surface area contributed by atoms with E-state index in [1.54, 1.807) is 54.6 Å². The normalized spacial score (nSPS) is 14.5. The molecule has 0 saturated carbocycles. The van der Waals surface area contributed by atoms with Gasteiger partial charge in [0, 0.05) is 20.1 Å². The van der Waals surface area contributed by atoms with E-state index >= 15 is 0 Å². The summed E-state index contributed by atoms with van der Waals surface area (Å²) < 4.78 is 12.0. The topological polar surface area (TPSA) is 67.9 Å². The highest BCUT2D eigenvalue weighted by molar-refractivity contribution is 9.10. The Kier molecular flexibility index (Phi) is 6.93. The van der Waals surface area contributed by atoms with Gasteiger partial charge in [0.25, 0.3) is 11.8 Å². The predicted molar refractivity (Wildman–Crippen MR) is 132 cm³/mol. The molecule has 1 N–H and O–H groups in total. The fraction of sp³-hybridized carbons (Fsp3) is 0.0833. The van der Waals surface area contributed by atoms with E-state index in [9.17, 15) is 9.59 Å². The van der Waals surface area contributed by atoms with Crippen molar-refractivity contribution in [2.45, 2.75) is 6.61 Å². The van der Waals surface area contributed by atoms with Crippen LogP contribution in [-0.4, -0.2) is 18.9 Å². The number of amides is 2. The summed E-state index contributed by atoms with van der Waals surface area (Å²) in [5.74, 6) is -0.0474. The van der Waals surface area contributed by atoms with Gasteiger partial charge in [0.2, 0.25) is 0 Å². The number of rotatable bonds is 6. The Labute approximate surface area is 208 Å². The maximum Gasteiger partial charge on any atom is 0.282 e. The maximum atomic E-state index is 12.8.